The van der Waals surface area contributed by atoms with Crippen LogP contribution >= 0.6 is 45.2 Å². The van der Waals surface area contributed by atoms with Crippen LogP contribution in [0.15, 0.2) is 12.1 Å². The van der Waals surface area contributed by atoms with Gasteiger partial charge in [-0.2, -0.15) is 0 Å². The Hall–Kier alpha value is 0.610. The summed E-state index contributed by atoms with van der Waals surface area (Å²) in [6, 6.07) is 3.66. The summed E-state index contributed by atoms with van der Waals surface area (Å²) in [7, 11) is 0. The molecule has 54 valence electrons. The van der Waals surface area contributed by atoms with E-state index in [4.69, 9.17) is 0 Å². The number of aryl methyl sites for hydroxylation is 1. The van der Waals surface area contributed by atoms with Crippen LogP contribution in [0, 0.1) is 19.9 Å². The summed E-state index contributed by atoms with van der Waals surface area (Å²) in [6.45, 7) is 1.96. The molecule has 0 aromatic heterocycles. The molecular weight excluding hydrogens is 357 g/mol. The highest BCUT2D eigenvalue weighted by Gasteiger charge is 2.03. The standard InChI is InChI=1S/C7H5FI2/c1-4-2-5(9)7(8)6(10)3-4/h2-3H,1H3. The second-order valence-corrected chi connectivity index (χ2v) is 4.37. The van der Waals surface area contributed by atoms with Crippen LogP contribution in [0.3, 0.4) is 0 Å². The summed E-state index contributed by atoms with van der Waals surface area (Å²) in [4.78, 5) is 0. The fourth-order valence-corrected chi connectivity index (χ4v) is 2.76. The van der Waals surface area contributed by atoms with Crippen molar-refractivity contribution in [3.8, 4) is 0 Å². The Morgan fingerprint density at radius 3 is 2.00 bits per heavy atom. The van der Waals surface area contributed by atoms with Gasteiger partial charge in [0.1, 0.15) is 5.82 Å². The average molecular weight is 362 g/mol. The highest BCUT2D eigenvalue weighted by Crippen LogP contribution is 2.18. The van der Waals surface area contributed by atoms with E-state index in [1.807, 2.05) is 64.2 Å². The van der Waals surface area contributed by atoms with Crippen molar-refractivity contribution in [3.63, 3.8) is 0 Å². The first-order chi connectivity index (χ1) is 4.61. The molecule has 1 aromatic rings. The van der Waals surface area contributed by atoms with Crippen LogP contribution in [0.25, 0.3) is 0 Å². The molecule has 0 heterocycles. The van der Waals surface area contributed by atoms with E-state index in [2.05, 4.69) is 0 Å². The van der Waals surface area contributed by atoms with Crippen molar-refractivity contribution in [2.24, 2.45) is 0 Å². The van der Waals surface area contributed by atoms with E-state index in [0.29, 0.717) is 7.14 Å². The Labute approximate surface area is 86.5 Å². The Bertz CT molecular complexity index is 235. The molecular formula is C7H5FI2. The zero-order valence-corrected chi connectivity index (χ0v) is 9.60. The molecule has 0 unspecified atom stereocenters. The van der Waals surface area contributed by atoms with Gasteiger partial charge in [-0.3, -0.25) is 0 Å². The molecule has 0 saturated heterocycles. The van der Waals surface area contributed by atoms with Gasteiger partial charge in [0.15, 0.2) is 0 Å². The SMILES string of the molecule is Cc1cc(I)c(F)c(I)c1. The van der Waals surface area contributed by atoms with Crippen LogP contribution < -0.4 is 0 Å². The van der Waals surface area contributed by atoms with Crippen molar-refractivity contribution < 1.29 is 4.39 Å². The minimum absolute atomic E-state index is 0.105. The van der Waals surface area contributed by atoms with Crippen molar-refractivity contribution in [2.45, 2.75) is 6.92 Å². The van der Waals surface area contributed by atoms with Gasteiger partial charge >= 0.3 is 0 Å². The number of halogens is 3. The molecule has 0 saturated carbocycles. The van der Waals surface area contributed by atoms with E-state index in [1.165, 1.54) is 0 Å². The van der Waals surface area contributed by atoms with Gasteiger partial charge in [-0.1, -0.05) is 0 Å². The first-order valence-corrected chi connectivity index (χ1v) is 4.88. The van der Waals surface area contributed by atoms with E-state index >= 15 is 0 Å². The monoisotopic (exact) mass is 362 g/mol. The molecule has 1 aromatic carbocycles. The summed E-state index contributed by atoms with van der Waals surface area (Å²) < 4.78 is 14.3. The van der Waals surface area contributed by atoms with E-state index in [0.717, 1.165) is 5.56 Å². The largest absolute Gasteiger partial charge is 0.205 e. The average Bonchev–Trinajstić information content (AvgIpc) is 1.82. The van der Waals surface area contributed by atoms with Crippen LogP contribution in [-0.4, -0.2) is 0 Å². The van der Waals surface area contributed by atoms with E-state index < -0.39 is 0 Å². The fraction of sp³-hybridized carbons (Fsp3) is 0.143. The van der Waals surface area contributed by atoms with Crippen molar-refractivity contribution in [1.82, 2.24) is 0 Å². The lowest BCUT2D eigenvalue weighted by molar-refractivity contribution is 0.612. The zero-order chi connectivity index (χ0) is 7.72. The van der Waals surface area contributed by atoms with Crippen LogP contribution in [-0.2, 0) is 0 Å². The van der Waals surface area contributed by atoms with Gasteiger partial charge in [-0.15, -0.1) is 0 Å². The predicted molar refractivity (Wildman–Crippen MR) is 56.6 cm³/mol. The lowest BCUT2D eigenvalue weighted by Gasteiger charge is -1.98. The maximum atomic E-state index is 12.9. The van der Waals surface area contributed by atoms with Crippen molar-refractivity contribution >= 4 is 45.2 Å². The van der Waals surface area contributed by atoms with E-state index in [9.17, 15) is 4.39 Å². The Morgan fingerprint density at radius 2 is 1.60 bits per heavy atom. The fourth-order valence-electron chi connectivity index (χ4n) is 0.682. The van der Waals surface area contributed by atoms with Crippen LogP contribution in [0.5, 0.6) is 0 Å². The lowest BCUT2D eigenvalue weighted by atomic mass is 10.2. The number of hydrogen-bond donors (Lipinski definition) is 0. The highest BCUT2D eigenvalue weighted by molar-refractivity contribution is 14.1. The molecule has 3 heteroatoms. The zero-order valence-electron chi connectivity index (χ0n) is 5.29. The Morgan fingerprint density at radius 1 is 1.20 bits per heavy atom. The summed E-state index contributed by atoms with van der Waals surface area (Å²) in [6.07, 6.45) is 0. The Balaban J connectivity index is 3.31. The topological polar surface area (TPSA) is 0 Å². The predicted octanol–water partition coefficient (Wildman–Crippen LogP) is 3.34. The maximum Gasteiger partial charge on any atom is 0.149 e. The molecule has 0 aliphatic rings. The summed E-state index contributed by atoms with van der Waals surface area (Å²) in [5.41, 5.74) is 1.11. The molecule has 0 aliphatic carbocycles. The molecule has 0 spiro atoms. The van der Waals surface area contributed by atoms with Gasteiger partial charge < -0.3 is 0 Å². The normalized spacial score (nSPS) is 10.0. The van der Waals surface area contributed by atoms with Gasteiger partial charge in [0, 0.05) is 0 Å². The molecule has 0 nitrogen and oxygen atoms in total. The number of rotatable bonds is 0. The molecule has 0 aliphatic heterocycles. The molecule has 0 fully saturated rings. The Kier molecular flexibility index (Phi) is 2.91. The number of benzene rings is 1. The first-order valence-electron chi connectivity index (χ1n) is 2.72. The lowest BCUT2D eigenvalue weighted by Crippen LogP contribution is -1.87. The molecule has 0 amide bonds. The molecule has 0 atom stereocenters. The highest BCUT2D eigenvalue weighted by atomic mass is 127. The van der Waals surface area contributed by atoms with Gasteiger partial charge in [-0.25, -0.2) is 4.39 Å². The third-order valence-electron chi connectivity index (χ3n) is 1.13. The smallest absolute Gasteiger partial charge is 0.149 e. The number of hydrogen-bond acceptors (Lipinski definition) is 0. The van der Waals surface area contributed by atoms with Gasteiger partial charge in [-0.05, 0) is 69.8 Å². The van der Waals surface area contributed by atoms with E-state index in [1.54, 1.807) is 0 Å². The molecule has 0 radical (unpaired) electrons. The first kappa shape index (κ1) is 8.70. The quantitative estimate of drug-likeness (QED) is 0.491. The summed E-state index contributed by atoms with van der Waals surface area (Å²) >= 11 is 3.99. The second-order valence-electron chi connectivity index (χ2n) is 2.04. The van der Waals surface area contributed by atoms with Gasteiger partial charge in [0.2, 0.25) is 0 Å². The minimum Gasteiger partial charge on any atom is -0.205 e. The summed E-state index contributed by atoms with van der Waals surface area (Å²) in [5, 5.41) is 0. The van der Waals surface area contributed by atoms with Crippen molar-refractivity contribution in [2.75, 3.05) is 0 Å². The third-order valence-corrected chi connectivity index (χ3v) is 2.70. The maximum absolute atomic E-state index is 12.9. The van der Waals surface area contributed by atoms with Crippen LogP contribution in [0.1, 0.15) is 5.56 Å². The summed E-state index contributed by atoms with van der Waals surface area (Å²) in [5.74, 6) is -0.105. The molecule has 0 bridgehead atoms. The van der Waals surface area contributed by atoms with Crippen molar-refractivity contribution in [3.05, 3.63) is 30.7 Å². The minimum atomic E-state index is -0.105. The van der Waals surface area contributed by atoms with Gasteiger partial charge in [0.25, 0.3) is 0 Å². The van der Waals surface area contributed by atoms with Crippen LogP contribution in [0.2, 0.25) is 0 Å². The second kappa shape index (κ2) is 3.34. The molecule has 0 N–H and O–H groups in total. The molecule has 1 rings (SSSR count). The van der Waals surface area contributed by atoms with Crippen LogP contribution in [0.4, 0.5) is 4.39 Å². The molecule has 10 heavy (non-hydrogen) atoms. The van der Waals surface area contributed by atoms with E-state index in [-0.39, 0.29) is 5.82 Å². The van der Waals surface area contributed by atoms with Crippen molar-refractivity contribution in [1.29, 1.82) is 0 Å². The third kappa shape index (κ3) is 1.81. The van der Waals surface area contributed by atoms with Gasteiger partial charge in [0.05, 0.1) is 7.14 Å².